The lowest BCUT2D eigenvalue weighted by Crippen LogP contribution is -2.31. The Morgan fingerprint density at radius 3 is 2.94 bits per heavy atom. The van der Waals surface area contributed by atoms with Gasteiger partial charge in [-0.1, -0.05) is 0 Å². The van der Waals surface area contributed by atoms with Crippen molar-refractivity contribution in [1.82, 2.24) is 9.99 Å². The molecule has 0 radical (unpaired) electrons. The first-order valence-electron chi connectivity index (χ1n) is 4.90. The highest BCUT2D eigenvalue weighted by Crippen LogP contribution is 2.13. The Morgan fingerprint density at radius 1 is 1.50 bits per heavy atom. The fourth-order valence-electron chi connectivity index (χ4n) is 1.62. The largest absolute Gasteiger partial charge is 0.469 e. The number of nitrogens with one attached hydrogen (secondary N) is 1. The van der Waals surface area contributed by atoms with Gasteiger partial charge in [-0.05, 0) is 24.3 Å². The van der Waals surface area contributed by atoms with E-state index in [1.165, 1.54) is 0 Å². The first-order valence-corrected chi connectivity index (χ1v) is 4.90. The molecular weight excluding hydrogens is 206 g/mol. The average molecular weight is 219 g/mol. The summed E-state index contributed by atoms with van der Waals surface area (Å²) in [7, 11) is 1.82. The van der Waals surface area contributed by atoms with E-state index in [2.05, 4.69) is 5.43 Å². The first-order chi connectivity index (χ1) is 7.72. The molecule has 0 atom stereocenters. The second-order valence-electron chi connectivity index (χ2n) is 3.50. The highest BCUT2D eigenvalue weighted by atomic mass is 16.3. The van der Waals surface area contributed by atoms with Gasteiger partial charge in [0.05, 0.1) is 6.26 Å². The Hall–Kier alpha value is -2.01. The van der Waals surface area contributed by atoms with Crippen molar-refractivity contribution in [1.29, 1.82) is 0 Å². The number of furan rings is 1. The summed E-state index contributed by atoms with van der Waals surface area (Å²) in [5.74, 6) is 5.65. The number of hydrazine groups is 1. The highest BCUT2D eigenvalue weighted by Gasteiger charge is 2.11. The van der Waals surface area contributed by atoms with Gasteiger partial charge in [0.25, 0.3) is 5.91 Å². The van der Waals surface area contributed by atoms with Gasteiger partial charge in [-0.2, -0.15) is 0 Å². The van der Waals surface area contributed by atoms with Gasteiger partial charge in [-0.3, -0.25) is 10.2 Å². The molecule has 3 N–H and O–H groups in total. The molecule has 0 saturated heterocycles. The van der Waals surface area contributed by atoms with Crippen LogP contribution >= 0.6 is 0 Å². The molecule has 0 fully saturated rings. The zero-order valence-electron chi connectivity index (χ0n) is 8.93. The molecule has 0 unspecified atom stereocenters. The summed E-state index contributed by atoms with van der Waals surface area (Å²) in [6.45, 7) is 0. The molecule has 0 aliphatic heterocycles. The van der Waals surface area contributed by atoms with Crippen LogP contribution in [0.4, 0.5) is 0 Å². The summed E-state index contributed by atoms with van der Waals surface area (Å²) in [6, 6.07) is 7.36. The van der Waals surface area contributed by atoms with Gasteiger partial charge in [0.2, 0.25) is 0 Å². The molecule has 0 aliphatic carbocycles. The Morgan fingerprint density at radius 2 is 2.31 bits per heavy atom. The fraction of sp³-hybridized carbons (Fsp3) is 0.182. The number of carbonyl (C=O) groups is 1. The van der Waals surface area contributed by atoms with Crippen LogP contribution in [0.25, 0.3) is 0 Å². The zero-order chi connectivity index (χ0) is 11.5. The summed E-state index contributed by atoms with van der Waals surface area (Å²) in [6.07, 6.45) is 2.28. The molecule has 5 heteroatoms. The van der Waals surface area contributed by atoms with Crippen molar-refractivity contribution in [3.8, 4) is 0 Å². The van der Waals surface area contributed by atoms with E-state index >= 15 is 0 Å². The third-order valence-electron chi connectivity index (χ3n) is 2.52. The number of carbonyl (C=O) groups excluding carboxylic acids is 1. The number of nitrogens with two attached hydrogens (primary N) is 1. The topological polar surface area (TPSA) is 73.2 Å². The summed E-state index contributed by atoms with van der Waals surface area (Å²) in [5, 5.41) is 0. The van der Waals surface area contributed by atoms with Gasteiger partial charge < -0.3 is 8.98 Å². The van der Waals surface area contributed by atoms with E-state index in [1.807, 2.05) is 25.2 Å². The normalized spacial score (nSPS) is 10.4. The number of amides is 1. The molecule has 0 saturated carbocycles. The van der Waals surface area contributed by atoms with E-state index in [0.717, 1.165) is 11.5 Å². The van der Waals surface area contributed by atoms with Gasteiger partial charge in [0, 0.05) is 19.2 Å². The van der Waals surface area contributed by atoms with Gasteiger partial charge >= 0.3 is 0 Å². The minimum Gasteiger partial charge on any atom is -0.469 e. The number of aromatic nitrogens is 1. The molecule has 0 bridgehead atoms. The van der Waals surface area contributed by atoms with Crippen LogP contribution < -0.4 is 11.3 Å². The van der Waals surface area contributed by atoms with Crippen LogP contribution in [0, 0.1) is 0 Å². The summed E-state index contributed by atoms with van der Waals surface area (Å²) < 4.78 is 7.05. The van der Waals surface area contributed by atoms with Crippen molar-refractivity contribution in [3.05, 3.63) is 47.7 Å². The molecular formula is C11H13N3O2. The van der Waals surface area contributed by atoms with Crippen LogP contribution in [0.1, 0.15) is 21.9 Å². The van der Waals surface area contributed by atoms with Crippen LogP contribution in [0.15, 0.2) is 34.9 Å². The number of hydrogen-bond donors (Lipinski definition) is 2. The molecule has 5 nitrogen and oxygen atoms in total. The molecule has 84 valence electrons. The highest BCUT2D eigenvalue weighted by molar-refractivity contribution is 5.92. The number of rotatable bonds is 3. The molecule has 2 rings (SSSR count). The van der Waals surface area contributed by atoms with Gasteiger partial charge in [0.15, 0.2) is 0 Å². The second-order valence-corrected chi connectivity index (χ2v) is 3.50. The SMILES string of the molecule is Cn1c(Cc2ccco2)ccc1C(=O)NN. The van der Waals surface area contributed by atoms with Crippen LogP contribution in [0.5, 0.6) is 0 Å². The monoisotopic (exact) mass is 219 g/mol. The zero-order valence-corrected chi connectivity index (χ0v) is 8.93. The quantitative estimate of drug-likeness (QED) is 0.456. The standard InChI is InChI=1S/C11H13N3O2/c1-14-8(7-9-3-2-6-16-9)4-5-10(14)11(15)13-12/h2-6H,7,12H2,1H3,(H,13,15). The summed E-state index contributed by atoms with van der Waals surface area (Å²) >= 11 is 0. The van der Waals surface area contributed by atoms with E-state index in [4.69, 9.17) is 10.3 Å². The number of nitrogens with zero attached hydrogens (tertiary/aromatic N) is 1. The second kappa shape index (κ2) is 4.24. The third-order valence-corrected chi connectivity index (χ3v) is 2.52. The minimum atomic E-state index is -0.298. The maximum Gasteiger partial charge on any atom is 0.281 e. The van der Waals surface area contributed by atoms with Crippen molar-refractivity contribution < 1.29 is 9.21 Å². The summed E-state index contributed by atoms with van der Waals surface area (Å²) in [5.41, 5.74) is 3.64. The number of hydrogen-bond acceptors (Lipinski definition) is 3. The van der Waals surface area contributed by atoms with E-state index < -0.39 is 0 Å². The van der Waals surface area contributed by atoms with E-state index in [-0.39, 0.29) is 5.91 Å². The lowest BCUT2D eigenvalue weighted by molar-refractivity contribution is 0.0945. The van der Waals surface area contributed by atoms with Crippen LogP contribution in [-0.4, -0.2) is 10.5 Å². The molecule has 0 aromatic carbocycles. The van der Waals surface area contributed by atoms with Crippen molar-refractivity contribution in [3.63, 3.8) is 0 Å². The minimum absolute atomic E-state index is 0.298. The predicted octanol–water partition coefficient (Wildman–Crippen LogP) is 0.812. The predicted molar refractivity (Wildman–Crippen MR) is 58.6 cm³/mol. The van der Waals surface area contributed by atoms with Crippen LogP contribution in [0.2, 0.25) is 0 Å². The Kier molecular flexibility index (Phi) is 2.78. The van der Waals surface area contributed by atoms with Crippen molar-refractivity contribution in [2.24, 2.45) is 12.9 Å². The molecule has 2 heterocycles. The third kappa shape index (κ3) is 1.85. The maximum atomic E-state index is 11.4. The molecule has 16 heavy (non-hydrogen) atoms. The van der Waals surface area contributed by atoms with Crippen molar-refractivity contribution in [2.75, 3.05) is 0 Å². The molecule has 1 amide bonds. The Balaban J connectivity index is 2.23. The number of nitrogen functional groups attached to an aromatic ring is 1. The lowest BCUT2D eigenvalue weighted by Gasteiger charge is -2.05. The smallest absolute Gasteiger partial charge is 0.281 e. The van der Waals surface area contributed by atoms with Crippen LogP contribution in [0.3, 0.4) is 0 Å². The van der Waals surface area contributed by atoms with E-state index in [0.29, 0.717) is 12.1 Å². The van der Waals surface area contributed by atoms with Gasteiger partial charge in [0.1, 0.15) is 11.5 Å². The van der Waals surface area contributed by atoms with Crippen molar-refractivity contribution in [2.45, 2.75) is 6.42 Å². The molecule has 0 spiro atoms. The Labute approximate surface area is 92.8 Å². The first kappa shape index (κ1) is 10.5. The van der Waals surface area contributed by atoms with Crippen molar-refractivity contribution >= 4 is 5.91 Å². The fourth-order valence-corrected chi connectivity index (χ4v) is 1.62. The molecule has 2 aromatic heterocycles. The van der Waals surface area contributed by atoms with Gasteiger partial charge in [-0.15, -0.1) is 0 Å². The van der Waals surface area contributed by atoms with E-state index in [1.54, 1.807) is 16.9 Å². The molecule has 2 aromatic rings. The maximum absolute atomic E-state index is 11.4. The Bertz CT molecular complexity index is 485. The van der Waals surface area contributed by atoms with Crippen LogP contribution in [-0.2, 0) is 13.5 Å². The molecule has 0 aliphatic rings. The van der Waals surface area contributed by atoms with E-state index in [9.17, 15) is 4.79 Å². The summed E-state index contributed by atoms with van der Waals surface area (Å²) in [4.78, 5) is 11.4. The van der Waals surface area contributed by atoms with Gasteiger partial charge in [-0.25, -0.2) is 5.84 Å². The lowest BCUT2D eigenvalue weighted by atomic mass is 10.2. The average Bonchev–Trinajstić information content (AvgIpc) is 2.90.